The Bertz CT molecular complexity index is 845. The Morgan fingerprint density at radius 2 is 1.57 bits per heavy atom. The molecular formula is C23H25NO4. The average molecular weight is 379 g/mol. The number of aromatic nitrogens is 1. The topological polar surface area (TPSA) is 60.6 Å². The maximum Gasteiger partial charge on any atom is 0.355 e. The van der Waals surface area contributed by atoms with E-state index in [4.69, 9.17) is 14.2 Å². The number of hydrogen-bond donors (Lipinski definition) is 1. The van der Waals surface area contributed by atoms with E-state index in [-0.39, 0.29) is 5.97 Å². The van der Waals surface area contributed by atoms with E-state index in [0.29, 0.717) is 32.1 Å². The molecule has 0 fully saturated rings. The molecule has 1 aromatic heterocycles. The summed E-state index contributed by atoms with van der Waals surface area (Å²) in [5.41, 5.74) is 3.29. The summed E-state index contributed by atoms with van der Waals surface area (Å²) in [5.74, 6) is -0.390. The van der Waals surface area contributed by atoms with Gasteiger partial charge in [0.1, 0.15) is 11.8 Å². The number of ether oxygens (including phenoxy) is 3. The minimum absolute atomic E-state index is 0.317. The molecule has 28 heavy (non-hydrogen) atoms. The van der Waals surface area contributed by atoms with Gasteiger partial charge in [-0.25, -0.2) is 4.79 Å². The van der Waals surface area contributed by atoms with Crippen molar-refractivity contribution in [1.82, 2.24) is 4.98 Å². The van der Waals surface area contributed by atoms with Gasteiger partial charge < -0.3 is 19.2 Å². The molecule has 0 bridgehead atoms. The number of aromatic amines is 1. The van der Waals surface area contributed by atoms with Crippen molar-refractivity contribution in [2.24, 2.45) is 0 Å². The minimum Gasteiger partial charge on any atom is -0.461 e. The highest BCUT2D eigenvalue weighted by Crippen LogP contribution is 2.24. The Balaban J connectivity index is 1.70. The highest BCUT2D eigenvalue weighted by Gasteiger charge is 2.22. The van der Waals surface area contributed by atoms with Crippen LogP contribution >= 0.6 is 0 Å². The molecule has 0 amide bonds. The van der Waals surface area contributed by atoms with Crippen molar-refractivity contribution in [2.45, 2.75) is 26.2 Å². The summed E-state index contributed by atoms with van der Waals surface area (Å²) >= 11 is 0. The van der Waals surface area contributed by atoms with Crippen LogP contribution in [0.3, 0.4) is 0 Å². The first-order valence-electron chi connectivity index (χ1n) is 9.39. The molecular weight excluding hydrogens is 354 g/mol. The second kappa shape index (κ2) is 10.4. The number of benzene rings is 2. The SMILES string of the molecule is CCOC(=O)c1[nH]ccc1[C@H](COCc1ccccc1)OCc1ccccc1. The lowest BCUT2D eigenvalue weighted by Gasteiger charge is -2.19. The van der Waals surface area contributed by atoms with Crippen LogP contribution in [0.25, 0.3) is 0 Å². The van der Waals surface area contributed by atoms with Crippen LogP contribution in [0.15, 0.2) is 72.9 Å². The molecule has 0 spiro atoms. The molecule has 0 radical (unpaired) electrons. The number of hydrogen-bond acceptors (Lipinski definition) is 4. The Labute approximate surface area is 165 Å². The first kappa shape index (κ1) is 19.9. The summed E-state index contributed by atoms with van der Waals surface area (Å²) in [6.07, 6.45) is 1.33. The first-order valence-corrected chi connectivity index (χ1v) is 9.39. The van der Waals surface area contributed by atoms with Gasteiger partial charge >= 0.3 is 5.97 Å². The quantitative estimate of drug-likeness (QED) is 0.520. The van der Waals surface area contributed by atoms with Crippen molar-refractivity contribution in [3.05, 3.63) is 95.3 Å². The van der Waals surface area contributed by atoms with Gasteiger partial charge in [0.25, 0.3) is 0 Å². The van der Waals surface area contributed by atoms with Gasteiger partial charge in [-0.15, -0.1) is 0 Å². The summed E-state index contributed by atoms with van der Waals surface area (Å²) in [6.45, 7) is 3.33. The van der Waals surface area contributed by atoms with Crippen LogP contribution in [0.2, 0.25) is 0 Å². The van der Waals surface area contributed by atoms with Gasteiger partial charge in [-0.2, -0.15) is 0 Å². The van der Waals surface area contributed by atoms with Gasteiger partial charge in [0.15, 0.2) is 0 Å². The largest absolute Gasteiger partial charge is 0.461 e. The molecule has 1 atom stereocenters. The summed E-state index contributed by atoms with van der Waals surface area (Å²) in [4.78, 5) is 15.2. The Hall–Kier alpha value is -2.89. The molecule has 3 rings (SSSR count). The van der Waals surface area contributed by atoms with Crippen LogP contribution in [-0.2, 0) is 27.4 Å². The summed E-state index contributed by atoms with van der Waals surface area (Å²) in [5, 5.41) is 0. The number of rotatable bonds is 10. The number of H-pyrrole nitrogens is 1. The third-order valence-corrected chi connectivity index (χ3v) is 4.28. The molecule has 3 aromatic rings. The van der Waals surface area contributed by atoms with E-state index in [1.165, 1.54) is 0 Å². The fourth-order valence-corrected chi connectivity index (χ4v) is 2.89. The summed E-state index contributed by atoms with van der Waals surface area (Å²) in [7, 11) is 0. The number of carbonyl (C=O) groups is 1. The second-order valence-corrected chi connectivity index (χ2v) is 6.31. The Kier molecular flexibility index (Phi) is 7.41. The predicted molar refractivity (Wildman–Crippen MR) is 107 cm³/mol. The van der Waals surface area contributed by atoms with Crippen molar-refractivity contribution in [3.63, 3.8) is 0 Å². The summed E-state index contributed by atoms with van der Waals surface area (Å²) < 4.78 is 17.2. The molecule has 0 aliphatic carbocycles. The Morgan fingerprint density at radius 3 is 2.21 bits per heavy atom. The standard InChI is InChI=1S/C23H25NO4/c1-2-27-23(25)22-20(13-14-24-22)21(28-16-19-11-7-4-8-12-19)17-26-15-18-9-5-3-6-10-18/h3-14,21,24H,2,15-17H2,1H3/t21-/m0/s1. The normalized spacial score (nSPS) is 11.9. The zero-order chi connectivity index (χ0) is 19.6. The van der Waals surface area contributed by atoms with Crippen molar-refractivity contribution >= 4 is 5.97 Å². The molecule has 0 saturated carbocycles. The molecule has 1 N–H and O–H groups in total. The number of nitrogens with one attached hydrogen (secondary N) is 1. The van der Waals surface area contributed by atoms with E-state index in [1.54, 1.807) is 13.1 Å². The average Bonchev–Trinajstić information content (AvgIpc) is 3.22. The maximum atomic E-state index is 12.3. The van der Waals surface area contributed by atoms with Crippen LogP contribution < -0.4 is 0 Å². The van der Waals surface area contributed by atoms with E-state index < -0.39 is 6.10 Å². The monoisotopic (exact) mass is 379 g/mol. The van der Waals surface area contributed by atoms with Crippen LogP contribution in [0.1, 0.15) is 40.2 Å². The van der Waals surface area contributed by atoms with Crippen LogP contribution in [0, 0.1) is 0 Å². The van der Waals surface area contributed by atoms with Gasteiger partial charge in [0, 0.05) is 11.8 Å². The number of esters is 1. The fourth-order valence-electron chi connectivity index (χ4n) is 2.89. The smallest absolute Gasteiger partial charge is 0.355 e. The van der Waals surface area contributed by atoms with E-state index in [0.717, 1.165) is 16.7 Å². The summed E-state index contributed by atoms with van der Waals surface area (Å²) in [6, 6.07) is 21.7. The van der Waals surface area contributed by atoms with Crippen LogP contribution in [-0.4, -0.2) is 24.2 Å². The van der Waals surface area contributed by atoms with Crippen molar-refractivity contribution in [1.29, 1.82) is 0 Å². The van der Waals surface area contributed by atoms with E-state index in [9.17, 15) is 4.79 Å². The predicted octanol–water partition coefficient (Wildman–Crippen LogP) is 4.67. The van der Waals surface area contributed by atoms with Gasteiger partial charge in [0.2, 0.25) is 0 Å². The van der Waals surface area contributed by atoms with Gasteiger partial charge in [0.05, 0.1) is 26.4 Å². The zero-order valence-electron chi connectivity index (χ0n) is 16.0. The van der Waals surface area contributed by atoms with Gasteiger partial charge in [-0.3, -0.25) is 0 Å². The van der Waals surface area contributed by atoms with Gasteiger partial charge in [-0.1, -0.05) is 60.7 Å². The molecule has 5 heteroatoms. The Morgan fingerprint density at radius 1 is 0.929 bits per heavy atom. The third kappa shape index (κ3) is 5.55. The minimum atomic E-state index is -0.394. The van der Waals surface area contributed by atoms with Crippen molar-refractivity contribution in [3.8, 4) is 0 Å². The highest BCUT2D eigenvalue weighted by atomic mass is 16.5. The fraction of sp³-hybridized carbons (Fsp3) is 0.261. The number of carbonyl (C=O) groups excluding carboxylic acids is 1. The lowest BCUT2D eigenvalue weighted by atomic mass is 10.1. The first-order chi connectivity index (χ1) is 13.8. The lowest BCUT2D eigenvalue weighted by Crippen LogP contribution is -2.16. The van der Waals surface area contributed by atoms with Gasteiger partial charge in [-0.05, 0) is 24.1 Å². The zero-order valence-corrected chi connectivity index (χ0v) is 16.0. The lowest BCUT2D eigenvalue weighted by molar-refractivity contribution is -0.0319. The molecule has 0 aliphatic heterocycles. The van der Waals surface area contributed by atoms with Crippen LogP contribution in [0.5, 0.6) is 0 Å². The van der Waals surface area contributed by atoms with Crippen molar-refractivity contribution < 1.29 is 19.0 Å². The van der Waals surface area contributed by atoms with E-state index in [2.05, 4.69) is 4.98 Å². The molecule has 146 valence electrons. The van der Waals surface area contributed by atoms with Crippen molar-refractivity contribution in [2.75, 3.05) is 13.2 Å². The van der Waals surface area contributed by atoms with Crippen LogP contribution in [0.4, 0.5) is 0 Å². The second-order valence-electron chi connectivity index (χ2n) is 6.31. The molecule has 1 heterocycles. The molecule has 0 unspecified atom stereocenters. The maximum absolute atomic E-state index is 12.3. The molecule has 2 aromatic carbocycles. The van der Waals surface area contributed by atoms with E-state index in [1.807, 2.05) is 66.7 Å². The third-order valence-electron chi connectivity index (χ3n) is 4.28. The van der Waals surface area contributed by atoms with E-state index >= 15 is 0 Å². The highest BCUT2D eigenvalue weighted by molar-refractivity contribution is 5.89. The molecule has 0 aliphatic rings. The molecule has 5 nitrogen and oxygen atoms in total. The molecule has 0 saturated heterocycles.